The summed E-state index contributed by atoms with van der Waals surface area (Å²) in [5.41, 5.74) is 1.19. The van der Waals surface area contributed by atoms with Gasteiger partial charge in [0.25, 0.3) is 0 Å². The van der Waals surface area contributed by atoms with Crippen molar-refractivity contribution in [1.29, 1.82) is 5.26 Å². The summed E-state index contributed by atoms with van der Waals surface area (Å²) < 4.78 is 51.2. The number of hydrogen-bond donors (Lipinski definition) is 1. The zero-order valence-electron chi connectivity index (χ0n) is 20.9. The van der Waals surface area contributed by atoms with Crippen LogP contribution in [0.4, 0.5) is 13.2 Å². The van der Waals surface area contributed by atoms with Gasteiger partial charge in [-0.05, 0) is 61.2 Å². The number of ether oxygens (including phenoxy) is 2. The monoisotopic (exact) mass is 504 g/mol. The molecule has 2 rings (SSSR count). The number of nitrogens with zero attached hydrogens (tertiary/aromatic N) is 3. The number of nitrogens with one attached hydrogen (secondary N) is 1. The van der Waals surface area contributed by atoms with E-state index < -0.39 is 17.7 Å². The second kappa shape index (κ2) is 13.4. The van der Waals surface area contributed by atoms with E-state index >= 15 is 0 Å². The second-order valence-corrected chi connectivity index (χ2v) is 7.85. The topological polar surface area (TPSA) is 87.0 Å². The number of carbonyl (C=O) groups excluding carboxylic acids is 1. The van der Waals surface area contributed by atoms with Gasteiger partial charge in [0.05, 0.1) is 25.7 Å². The number of nitriles is 1. The first-order chi connectivity index (χ1) is 17.2. The lowest BCUT2D eigenvalue weighted by Gasteiger charge is -2.25. The minimum Gasteiger partial charge on any atom is -0.496 e. The van der Waals surface area contributed by atoms with E-state index in [1.165, 1.54) is 13.2 Å². The van der Waals surface area contributed by atoms with Crippen LogP contribution in [0.3, 0.4) is 0 Å². The molecule has 0 atom stereocenters. The third-order valence-electron chi connectivity index (χ3n) is 5.41. The summed E-state index contributed by atoms with van der Waals surface area (Å²) >= 11 is 0. The third kappa shape index (κ3) is 7.63. The van der Waals surface area contributed by atoms with Gasteiger partial charge in [-0.2, -0.15) is 18.4 Å². The Balaban J connectivity index is 2.56. The van der Waals surface area contributed by atoms with Crippen LogP contribution in [0.15, 0.2) is 41.4 Å². The van der Waals surface area contributed by atoms with Crippen LogP contribution in [0.5, 0.6) is 5.75 Å². The van der Waals surface area contributed by atoms with Crippen LogP contribution in [0.2, 0.25) is 0 Å². The molecule has 0 fully saturated rings. The molecule has 1 N–H and O–H groups in total. The Hall–Kier alpha value is -3.74. The Morgan fingerprint density at radius 2 is 1.89 bits per heavy atom. The van der Waals surface area contributed by atoms with E-state index in [1.807, 2.05) is 18.7 Å². The maximum Gasteiger partial charge on any atom is 0.416 e. The molecule has 0 bridgehead atoms. The minimum absolute atomic E-state index is 0.0144. The number of methoxy groups -OCH3 is 1. The van der Waals surface area contributed by atoms with Crippen LogP contribution in [-0.2, 0) is 28.7 Å². The largest absolute Gasteiger partial charge is 0.496 e. The molecule has 0 amide bonds. The summed E-state index contributed by atoms with van der Waals surface area (Å²) in [6.45, 7) is 7.01. The summed E-state index contributed by atoms with van der Waals surface area (Å²) in [5, 5.41) is 12.2. The highest BCUT2D eigenvalue weighted by Crippen LogP contribution is 2.37. The summed E-state index contributed by atoms with van der Waals surface area (Å²) in [7, 11) is 1.47. The van der Waals surface area contributed by atoms with Crippen molar-refractivity contribution in [2.24, 2.45) is 4.99 Å². The van der Waals surface area contributed by atoms with Crippen molar-refractivity contribution in [3.63, 3.8) is 0 Å². The number of aliphatic imine (C=N–C) groups is 1. The Morgan fingerprint density at radius 3 is 2.47 bits per heavy atom. The van der Waals surface area contributed by atoms with Crippen LogP contribution in [0.1, 0.15) is 43.9 Å². The lowest BCUT2D eigenvalue weighted by Crippen LogP contribution is -2.41. The van der Waals surface area contributed by atoms with Crippen LogP contribution in [-0.4, -0.2) is 43.6 Å². The smallest absolute Gasteiger partial charge is 0.416 e. The highest BCUT2D eigenvalue weighted by molar-refractivity contribution is 5.82. The van der Waals surface area contributed by atoms with E-state index in [0.717, 1.165) is 18.6 Å². The zero-order valence-corrected chi connectivity index (χ0v) is 20.9. The molecule has 36 heavy (non-hydrogen) atoms. The predicted molar refractivity (Wildman–Crippen MR) is 131 cm³/mol. The average Bonchev–Trinajstić information content (AvgIpc) is 2.84. The van der Waals surface area contributed by atoms with Crippen molar-refractivity contribution in [3.05, 3.63) is 53.1 Å². The van der Waals surface area contributed by atoms with Gasteiger partial charge >= 0.3 is 12.1 Å². The van der Waals surface area contributed by atoms with E-state index in [1.54, 1.807) is 31.3 Å². The molecular formula is C26H31F3N4O3. The van der Waals surface area contributed by atoms with Crippen molar-refractivity contribution in [1.82, 2.24) is 10.2 Å². The maximum atomic E-state index is 13.6. The van der Waals surface area contributed by atoms with Crippen molar-refractivity contribution in [2.45, 2.75) is 46.3 Å². The van der Waals surface area contributed by atoms with Crippen molar-refractivity contribution in [3.8, 4) is 23.1 Å². The fourth-order valence-corrected chi connectivity index (χ4v) is 3.76. The summed E-state index contributed by atoms with van der Waals surface area (Å²) in [6.07, 6.45) is -1.96. The molecule has 0 aliphatic rings. The first-order valence-corrected chi connectivity index (χ1v) is 11.7. The Bertz CT molecular complexity index is 1110. The lowest BCUT2D eigenvalue weighted by molar-refractivity contribution is -0.142. The molecule has 7 nitrogen and oxygen atoms in total. The number of carbonyl (C=O) groups is 1. The lowest BCUT2D eigenvalue weighted by atomic mass is 9.94. The molecule has 0 radical (unpaired) electrons. The van der Waals surface area contributed by atoms with Gasteiger partial charge in [0.15, 0.2) is 0 Å². The van der Waals surface area contributed by atoms with Crippen LogP contribution < -0.4 is 10.1 Å². The van der Waals surface area contributed by atoms with Crippen molar-refractivity contribution >= 4 is 11.9 Å². The molecule has 0 saturated carbocycles. The van der Waals surface area contributed by atoms with Gasteiger partial charge in [-0.15, -0.1) is 4.99 Å². The van der Waals surface area contributed by atoms with E-state index in [9.17, 15) is 18.0 Å². The Morgan fingerprint density at radius 1 is 1.14 bits per heavy atom. The van der Waals surface area contributed by atoms with E-state index in [2.05, 4.69) is 10.3 Å². The zero-order chi connectivity index (χ0) is 26.7. The van der Waals surface area contributed by atoms with Gasteiger partial charge in [0.1, 0.15) is 5.75 Å². The SMILES string of the molecule is CCCN(CC)C(=NC#N)NCc1cc(C(F)(F)F)ccc1-c1cc(CC(=O)OCC)ccc1OC. The van der Waals surface area contributed by atoms with E-state index in [-0.39, 0.29) is 25.5 Å². The van der Waals surface area contributed by atoms with E-state index in [0.29, 0.717) is 41.1 Å². The molecule has 0 aromatic heterocycles. The number of rotatable bonds is 10. The first-order valence-electron chi connectivity index (χ1n) is 11.7. The predicted octanol–water partition coefficient (Wildman–Crippen LogP) is 5.15. The average molecular weight is 505 g/mol. The quantitative estimate of drug-likeness (QED) is 0.209. The van der Waals surface area contributed by atoms with Gasteiger partial charge in [0.2, 0.25) is 12.2 Å². The Kier molecular flexibility index (Phi) is 10.6. The normalized spacial score (nSPS) is 11.6. The standard InChI is InChI=1S/C26H31F3N4O3/c1-5-12-33(6-2)25(32-17-30)31-16-19-15-20(26(27,28)29)9-10-21(19)22-13-18(8-11-23(22)35-4)14-24(34)36-7-3/h8-11,13,15H,5-7,12,14,16H2,1-4H3,(H,31,32). The second-order valence-electron chi connectivity index (χ2n) is 7.85. The number of alkyl halides is 3. The number of halogens is 3. The number of guanidine groups is 1. The third-order valence-corrected chi connectivity index (χ3v) is 5.41. The molecule has 0 saturated heterocycles. The van der Waals surface area contributed by atoms with E-state index in [4.69, 9.17) is 14.7 Å². The van der Waals surface area contributed by atoms with Gasteiger partial charge < -0.3 is 19.7 Å². The molecule has 0 aliphatic heterocycles. The Labute approximate surface area is 209 Å². The fraction of sp³-hybridized carbons (Fsp3) is 0.423. The summed E-state index contributed by atoms with van der Waals surface area (Å²) in [5.74, 6) is 0.319. The van der Waals surface area contributed by atoms with Gasteiger partial charge in [-0.3, -0.25) is 4.79 Å². The molecular weight excluding hydrogens is 473 g/mol. The summed E-state index contributed by atoms with van der Waals surface area (Å²) in [6, 6.07) is 8.55. The molecule has 0 heterocycles. The van der Waals surface area contributed by atoms with Gasteiger partial charge in [0, 0.05) is 25.2 Å². The molecule has 0 spiro atoms. The number of benzene rings is 2. The van der Waals surface area contributed by atoms with Gasteiger partial charge in [-0.25, -0.2) is 0 Å². The highest BCUT2D eigenvalue weighted by Gasteiger charge is 2.31. The molecule has 10 heteroatoms. The number of esters is 1. The summed E-state index contributed by atoms with van der Waals surface area (Å²) in [4.78, 5) is 17.7. The fourth-order valence-electron chi connectivity index (χ4n) is 3.76. The highest BCUT2D eigenvalue weighted by atomic mass is 19.4. The molecule has 0 aliphatic carbocycles. The van der Waals surface area contributed by atoms with Crippen LogP contribution in [0, 0.1) is 11.5 Å². The van der Waals surface area contributed by atoms with Gasteiger partial charge in [-0.1, -0.05) is 19.1 Å². The minimum atomic E-state index is -4.54. The van der Waals surface area contributed by atoms with Crippen LogP contribution >= 0.6 is 0 Å². The maximum absolute atomic E-state index is 13.6. The molecule has 194 valence electrons. The number of hydrogen-bond acceptors (Lipinski definition) is 5. The molecule has 2 aromatic rings. The van der Waals surface area contributed by atoms with Crippen molar-refractivity contribution in [2.75, 3.05) is 26.8 Å². The first kappa shape index (κ1) is 28.5. The molecule has 0 unspecified atom stereocenters. The van der Waals surface area contributed by atoms with Crippen molar-refractivity contribution < 1.29 is 27.4 Å². The molecule has 2 aromatic carbocycles. The van der Waals surface area contributed by atoms with Crippen LogP contribution in [0.25, 0.3) is 11.1 Å².